The first kappa shape index (κ1) is 20.7. The van der Waals surface area contributed by atoms with Gasteiger partial charge in [0, 0.05) is 13.1 Å². The largest absolute Gasteiger partial charge is 1.00 e. The van der Waals surface area contributed by atoms with Gasteiger partial charge in [0.05, 0.1) is 0 Å². The van der Waals surface area contributed by atoms with Crippen LogP contribution in [0, 0.1) is 5.92 Å². The van der Waals surface area contributed by atoms with E-state index in [9.17, 15) is 0 Å². The van der Waals surface area contributed by atoms with Gasteiger partial charge in [-0.2, -0.15) is 15.9 Å². The van der Waals surface area contributed by atoms with Crippen molar-refractivity contribution in [2.45, 2.75) is 19.8 Å². The summed E-state index contributed by atoms with van der Waals surface area (Å²) >= 11 is 1.04. The maximum absolute atomic E-state index is 5.72. The van der Waals surface area contributed by atoms with E-state index in [1.807, 2.05) is 29.3 Å². The summed E-state index contributed by atoms with van der Waals surface area (Å²) in [7, 11) is 0. The molecule has 6 heteroatoms. The van der Waals surface area contributed by atoms with Crippen molar-refractivity contribution >= 4 is 23.1 Å². The first-order valence-corrected chi connectivity index (χ1v) is 8.90. The third-order valence-electron chi connectivity index (χ3n) is 3.88. The van der Waals surface area contributed by atoms with E-state index in [4.69, 9.17) is 8.47 Å². The monoisotopic (exact) mass is 370 g/mol. The van der Waals surface area contributed by atoms with Gasteiger partial charge in [-0.25, -0.2) is 0 Å². The van der Waals surface area contributed by atoms with Crippen LogP contribution in [0.2, 0.25) is 0 Å². The molecule has 1 saturated carbocycles. The zero-order chi connectivity index (χ0) is 15.9. The fraction of sp³-hybridized carbons (Fsp3) is 0.444. The molecule has 0 radical (unpaired) electrons. The fourth-order valence-corrected chi connectivity index (χ4v) is 2.84. The second-order valence-electron chi connectivity index (χ2n) is 5.83. The second kappa shape index (κ2) is 11.2. The molecule has 0 saturated heterocycles. The average Bonchev–Trinajstić information content (AvgIpc) is 3.39. The molecule has 1 fully saturated rings. The summed E-state index contributed by atoms with van der Waals surface area (Å²) in [6.07, 6.45) is 2.61. The number of hydroxylamine groups is 2. The summed E-state index contributed by atoms with van der Waals surface area (Å²) in [4.78, 5) is 0. The van der Waals surface area contributed by atoms with Crippen molar-refractivity contribution in [3.8, 4) is 5.75 Å². The standard InChI is InChI=1S/C18H23N2O2S.K/c1-2-19-11-12-20(14-15-7-8-15)22-23-21-18-10-9-16-5-3-4-6-17(16)13-18;/h3-6,9-10,13,15H,2,7-8,11-12,14H2,1H3;/q-1;+1. The predicted molar refractivity (Wildman–Crippen MR) is 96.3 cm³/mol. The zero-order valence-electron chi connectivity index (χ0n) is 14.5. The minimum atomic E-state index is 0. The SMILES string of the molecule is CC[N-]CCN(CC1CC1)OSOc1ccc2ccccc2c1.[K+]. The van der Waals surface area contributed by atoms with Crippen LogP contribution in [-0.2, 0) is 4.28 Å². The van der Waals surface area contributed by atoms with Gasteiger partial charge in [-0.1, -0.05) is 37.3 Å². The number of likely N-dealkylation sites (N-methyl/N-ethyl adjacent to an activating group) is 1. The van der Waals surface area contributed by atoms with E-state index < -0.39 is 0 Å². The van der Waals surface area contributed by atoms with Crippen LogP contribution in [0.25, 0.3) is 16.1 Å². The van der Waals surface area contributed by atoms with Crippen molar-refractivity contribution in [2.24, 2.45) is 5.92 Å². The molecule has 24 heavy (non-hydrogen) atoms. The quantitative estimate of drug-likeness (QED) is 0.277. The number of hydrogen-bond acceptors (Lipinski definition) is 4. The van der Waals surface area contributed by atoms with Crippen molar-refractivity contribution < 1.29 is 59.9 Å². The van der Waals surface area contributed by atoms with Crippen LogP contribution < -0.4 is 55.6 Å². The van der Waals surface area contributed by atoms with E-state index in [-0.39, 0.29) is 51.4 Å². The van der Waals surface area contributed by atoms with Gasteiger partial charge in [-0.3, -0.25) is 0 Å². The molecular formula is C18H23KN2O2S. The molecule has 124 valence electrons. The topological polar surface area (TPSA) is 35.8 Å². The minimum Gasteiger partial charge on any atom is -0.661 e. The zero-order valence-corrected chi connectivity index (χ0v) is 18.4. The van der Waals surface area contributed by atoms with Crippen LogP contribution in [-0.4, -0.2) is 31.2 Å². The molecule has 0 spiro atoms. The van der Waals surface area contributed by atoms with Gasteiger partial charge in [0.2, 0.25) is 12.3 Å². The van der Waals surface area contributed by atoms with Crippen molar-refractivity contribution in [1.82, 2.24) is 5.06 Å². The Bertz CT molecular complexity index is 625. The summed E-state index contributed by atoms with van der Waals surface area (Å²) in [6.45, 7) is 5.51. The smallest absolute Gasteiger partial charge is 0.661 e. The van der Waals surface area contributed by atoms with Crippen LogP contribution >= 0.6 is 12.3 Å². The molecule has 0 amide bonds. The van der Waals surface area contributed by atoms with Crippen molar-refractivity contribution in [1.29, 1.82) is 0 Å². The first-order valence-electron chi connectivity index (χ1n) is 8.23. The van der Waals surface area contributed by atoms with Crippen molar-refractivity contribution in [2.75, 3.05) is 26.2 Å². The van der Waals surface area contributed by atoms with Crippen LogP contribution in [0.5, 0.6) is 5.75 Å². The third-order valence-corrected chi connectivity index (χ3v) is 4.41. The number of benzene rings is 2. The Morgan fingerprint density at radius 2 is 1.96 bits per heavy atom. The summed E-state index contributed by atoms with van der Waals surface area (Å²) < 4.78 is 11.4. The molecule has 2 aromatic carbocycles. The Morgan fingerprint density at radius 1 is 1.17 bits per heavy atom. The van der Waals surface area contributed by atoms with Crippen LogP contribution in [0.1, 0.15) is 19.8 Å². The Kier molecular flexibility index (Phi) is 9.61. The van der Waals surface area contributed by atoms with E-state index in [0.29, 0.717) is 0 Å². The molecule has 3 rings (SSSR count). The van der Waals surface area contributed by atoms with Crippen LogP contribution in [0.4, 0.5) is 0 Å². The van der Waals surface area contributed by atoms with Gasteiger partial charge < -0.3 is 9.50 Å². The number of fused-ring (bicyclic) bond motifs is 1. The molecule has 2 aromatic rings. The predicted octanol–water partition coefficient (Wildman–Crippen LogP) is 1.82. The summed E-state index contributed by atoms with van der Waals surface area (Å²) in [5.74, 6) is 1.58. The van der Waals surface area contributed by atoms with E-state index >= 15 is 0 Å². The molecule has 0 N–H and O–H groups in total. The van der Waals surface area contributed by atoms with E-state index in [1.54, 1.807) is 0 Å². The number of rotatable bonds is 10. The molecule has 4 nitrogen and oxygen atoms in total. The van der Waals surface area contributed by atoms with Crippen LogP contribution in [0.3, 0.4) is 0 Å². The third kappa shape index (κ3) is 6.94. The number of hydrogen-bond donors (Lipinski definition) is 0. The Labute approximate surface area is 191 Å². The number of nitrogens with zero attached hydrogens (tertiary/aromatic N) is 2. The van der Waals surface area contributed by atoms with Crippen molar-refractivity contribution in [3.05, 3.63) is 47.8 Å². The summed E-state index contributed by atoms with van der Waals surface area (Å²) in [5.41, 5.74) is 0. The molecule has 0 atom stereocenters. The fourth-order valence-electron chi connectivity index (χ4n) is 2.40. The molecular weight excluding hydrogens is 347 g/mol. The van der Waals surface area contributed by atoms with Crippen molar-refractivity contribution in [3.63, 3.8) is 0 Å². The Morgan fingerprint density at radius 3 is 2.71 bits per heavy atom. The van der Waals surface area contributed by atoms with Gasteiger partial charge in [0.15, 0.2) is 0 Å². The molecule has 1 aliphatic carbocycles. The van der Waals surface area contributed by atoms with Gasteiger partial charge >= 0.3 is 51.4 Å². The van der Waals surface area contributed by atoms with Gasteiger partial charge in [-0.05, 0) is 41.7 Å². The normalized spacial score (nSPS) is 13.9. The Hall–Kier alpha value is 0.366. The molecule has 0 aromatic heterocycles. The van der Waals surface area contributed by atoms with E-state index in [2.05, 4.69) is 30.4 Å². The summed E-state index contributed by atoms with van der Waals surface area (Å²) in [6, 6.07) is 14.3. The molecule has 0 aliphatic heterocycles. The van der Waals surface area contributed by atoms with E-state index in [0.717, 1.165) is 50.2 Å². The molecule has 0 heterocycles. The molecule has 1 aliphatic rings. The Balaban J connectivity index is 0.00000208. The van der Waals surface area contributed by atoms with Crippen LogP contribution in [0.15, 0.2) is 42.5 Å². The second-order valence-corrected chi connectivity index (χ2v) is 6.28. The van der Waals surface area contributed by atoms with Gasteiger partial charge in [-0.15, -0.1) is 6.54 Å². The molecule has 0 bridgehead atoms. The average molecular weight is 371 g/mol. The first-order chi connectivity index (χ1) is 11.3. The van der Waals surface area contributed by atoms with Gasteiger partial charge in [0.25, 0.3) is 0 Å². The molecule has 0 unspecified atom stereocenters. The maximum Gasteiger partial charge on any atom is 1.00 e. The van der Waals surface area contributed by atoms with E-state index in [1.165, 1.54) is 23.6 Å². The maximum atomic E-state index is 5.72. The van der Waals surface area contributed by atoms with Gasteiger partial charge in [0.1, 0.15) is 5.75 Å². The summed E-state index contributed by atoms with van der Waals surface area (Å²) in [5, 5.41) is 8.72. The minimum absolute atomic E-state index is 0.